The zero-order chi connectivity index (χ0) is 9.52. The van der Waals surface area contributed by atoms with Crippen LogP contribution in [0.3, 0.4) is 0 Å². The Morgan fingerprint density at radius 1 is 1.54 bits per heavy atom. The number of hydrogen-bond donors (Lipinski definition) is 2. The first-order valence-electron chi connectivity index (χ1n) is 4.90. The zero-order valence-electron chi connectivity index (χ0n) is 8.14. The van der Waals surface area contributed by atoms with E-state index < -0.39 is 0 Å². The third-order valence-electron chi connectivity index (χ3n) is 2.15. The third-order valence-corrected chi connectivity index (χ3v) is 2.15. The van der Waals surface area contributed by atoms with Gasteiger partial charge in [0.1, 0.15) is 0 Å². The quantitative estimate of drug-likeness (QED) is 0.582. The molecule has 0 spiro atoms. The molecule has 4 nitrogen and oxygen atoms in total. The van der Waals surface area contributed by atoms with Gasteiger partial charge in [-0.15, -0.1) is 0 Å². The molecular weight excluding hydrogens is 168 g/mol. The fraction of sp³-hybridized carbons (Fsp3) is 0.889. The van der Waals surface area contributed by atoms with Crippen LogP contribution in [0, 0.1) is 5.92 Å². The van der Waals surface area contributed by atoms with E-state index in [1.54, 1.807) is 0 Å². The molecule has 1 amide bonds. The van der Waals surface area contributed by atoms with Crippen LogP contribution in [0.4, 0.5) is 0 Å². The van der Waals surface area contributed by atoms with Crippen molar-refractivity contribution in [3.63, 3.8) is 0 Å². The van der Waals surface area contributed by atoms with Gasteiger partial charge in [0.2, 0.25) is 5.91 Å². The summed E-state index contributed by atoms with van der Waals surface area (Å²) in [5.41, 5.74) is 0. The SMILES string of the molecule is CCNCCNC(=O)C1CCOC1. The molecule has 0 aliphatic carbocycles. The van der Waals surface area contributed by atoms with Crippen molar-refractivity contribution >= 4 is 5.91 Å². The highest BCUT2D eigenvalue weighted by Gasteiger charge is 2.22. The molecule has 1 aliphatic heterocycles. The molecule has 1 fully saturated rings. The van der Waals surface area contributed by atoms with Gasteiger partial charge in [0, 0.05) is 19.7 Å². The van der Waals surface area contributed by atoms with E-state index in [0.29, 0.717) is 13.2 Å². The van der Waals surface area contributed by atoms with Crippen LogP contribution in [0.15, 0.2) is 0 Å². The molecule has 2 N–H and O–H groups in total. The lowest BCUT2D eigenvalue weighted by Gasteiger charge is -2.08. The minimum Gasteiger partial charge on any atom is -0.381 e. The summed E-state index contributed by atoms with van der Waals surface area (Å²) in [5, 5.41) is 6.03. The summed E-state index contributed by atoms with van der Waals surface area (Å²) in [6.07, 6.45) is 0.868. The molecule has 1 heterocycles. The fourth-order valence-corrected chi connectivity index (χ4v) is 1.34. The zero-order valence-corrected chi connectivity index (χ0v) is 8.14. The smallest absolute Gasteiger partial charge is 0.225 e. The molecule has 1 aliphatic rings. The number of amides is 1. The molecule has 0 aromatic rings. The standard InChI is InChI=1S/C9H18N2O2/c1-2-10-4-5-11-9(12)8-3-6-13-7-8/h8,10H,2-7H2,1H3,(H,11,12). The summed E-state index contributed by atoms with van der Waals surface area (Å²) in [7, 11) is 0. The largest absolute Gasteiger partial charge is 0.381 e. The highest BCUT2D eigenvalue weighted by atomic mass is 16.5. The Hall–Kier alpha value is -0.610. The maximum atomic E-state index is 11.4. The molecule has 0 aromatic carbocycles. The topological polar surface area (TPSA) is 50.4 Å². The first-order valence-corrected chi connectivity index (χ1v) is 4.90. The van der Waals surface area contributed by atoms with Gasteiger partial charge < -0.3 is 15.4 Å². The van der Waals surface area contributed by atoms with Gasteiger partial charge in [-0.05, 0) is 13.0 Å². The summed E-state index contributed by atoms with van der Waals surface area (Å²) in [6.45, 7) is 5.87. The van der Waals surface area contributed by atoms with E-state index in [1.807, 2.05) is 6.92 Å². The molecule has 13 heavy (non-hydrogen) atoms. The lowest BCUT2D eigenvalue weighted by Crippen LogP contribution is -2.36. The second-order valence-electron chi connectivity index (χ2n) is 3.21. The molecule has 0 bridgehead atoms. The van der Waals surface area contributed by atoms with E-state index in [4.69, 9.17) is 4.74 Å². The van der Waals surface area contributed by atoms with Crippen molar-refractivity contribution in [2.24, 2.45) is 5.92 Å². The normalized spacial score (nSPS) is 21.8. The van der Waals surface area contributed by atoms with Crippen molar-refractivity contribution in [3.8, 4) is 0 Å². The first kappa shape index (κ1) is 10.5. The van der Waals surface area contributed by atoms with Gasteiger partial charge >= 0.3 is 0 Å². The average molecular weight is 186 g/mol. The maximum absolute atomic E-state index is 11.4. The number of carbonyl (C=O) groups is 1. The van der Waals surface area contributed by atoms with Crippen molar-refractivity contribution in [1.29, 1.82) is 0 Å². The number of hydrogen-bond acceptors (Lipinski definition) is 3. The monoisotopic (exact) mass is 186 g/mol. The Bertz CT molecular complexity index is 156. The van der Waals surface area contributed by atoms with E-state index >= 15 is 0 Å². The van der Waals surface area contributed by atoms with Crippen LogP contribution >= 0.6 is 0 Å². The van der Waals surface area contributed by atoms with Crippen LogP contribution in [-0.4, -0.2) is 38.8 Å². The van der Waals surface area contributed by atoms with Gasteiger partial charge in [-0.3, -0.25) is 4.79 Å². The van der Waals surface area contributed by atoms with Crippen LogP contribution in [0.2, 0.25) is 0 Å². The maximum Gasteiger partial charge on any atom is 0.225 e. The summed E-state index contributed by atoms with van der Waals surface area (Å²) in [5.74, 6) is 0.219. The van der Waals surface area contributed by atoms with E-state index in [9.17, 15) is 4.79 Å². The van der Waals surface area contributed by atoms with Crippen molar-refractivity contribution in [1.82, 2.24) is 10.6 Å². The van der Waals surface area contributed by atoms with Crippen molar-refractivity contribution in [2.75, 3.05) is 32.8 Å². The second kappa shape index (κ2) is 5.94. The number of rotatable bonds is 5. The van der Waals surface area contributed by atoms with Crippen molar-refractivity contribution < 1.29 is 9.53 Å². The Balaban J connectivity index is 2.03. The third kappa shape index (κ3) is 3.74. The Morgan fingerprint density at radius 2 is 2.38 bits per heavy atom. The molecule has 0 radical (unpaired) electrons. The molecule has 4 heteroatoms. The molecule has 0 aromatic heterocycles. The average Bonchev–Trinajstić information content (AvgIpc) is 2.65. The molecule has 76 valence electrons. The molecule has 0 saturated carbocycles. The number of carbonyl (C=O) groups excluding carboxylic acids is 1. The van der Waals surface area contributed by atoms with Gasteiger partial charge in [0.25, 0.3) is 0 Å². The molecule has 1 unspecified atom stereocenters. The van der Waals surface area contributed by atoms with Gasteiger partial charge in [-0.1, -0.05) is 6.92 Å². The highest BCUT2D eigenvalue weighted by molar-refractivity contribution is 5.78. The van der Waals surface area contributed by atoms with Crippen molar-refractivity contribution in [3.05, 3.63) is 0 Å². The minimum atomic E-state index is 0.0848. The summed E-state index contributed by atoms with van der Waals surface area (Å²) < 4.78 is 5.13. The van der Waals surface area contributed by atoms with Crippen LogP contribution in [0.1, 0.15) is 13.3 Å². The van der Waals surface area contributed by atoms with Gasteiger partial charge in [0.15, 0.2) is 0 Å². The Kier molecular flexibility index (Phi) is 4.78. The Labute approximate surface area is 79.0 Å². The van der Waals surface area contributed by atoms with E-state index in [1.165, 1.54) is 0 Å². The van der Waals surface area contributed by atoms with Crippen molar-refractivity contribution in [2.45, 2.75) is 13.3 Å². The molecule has 1 saturated heterocycles. The molecule has 1 rings (SSSR count). The van der Waals surface area contributed by atoms with Gasteiger partial charge in [-0.25, -0.2) is 0 Å². The molecule has 1 atom stereocenters. The summed E-state index contributed by atoms with van der Waals surface area (Å²) in [4.78, 5) is 11.4. The first-order chi connectivity index (χ1) is 6.34. The van der Waals surface area contributed by atoms with Crippen LogP contribution in [0.5, 0.6) is 0 Å². The van der Waals surface area contributed by atoms with E-state index in [0.717, 1.165) is 26.1 Å². The van der Waals surface area contributed by atoms with Gasteiger partial charge in [-0.2, -0.15) is 0 Å². The predicted octanol–water partition coefficient (Wildman–Crippen LogP) is -0.251. The van der Waals surface area contributed by atoms with E-state index in [2.05, 4.69) is 10.6 Å². The lowest BCUT2D eigenvalue weighted by atomic mass is 10.1. The molecular formula is C9H18N2O2. The second-order valence-corrected chi connectivity index (χ2v) is 3.21. The number of nitrogens with one attached hydrogen (secondary N) is 2. The summed E-state index contributed by atoms with van der Waals surface area (Å²) in [6, 6.07) is 0. The minimum absolute atomic E-state index is 0.0848. The van der Waals surface area contributed by atoms with E-state index in [-0.39, 0.29) is 11.8 Å². The van der Waals surface area contributed by atoms with Crippen LogP contribution < -0.4 is 10.6 Å². The Morgan fingerprint density at radius 3 is 3.00 bits per heavy atom. The fourth-order valence-electron chi connectivity index (χ4n) is 1.34. The highest BCUT2D eigenvalue weighted by Crippen LogP contribution is 2.11. The van der Waals surface area contributed by atoms with Gasteiger partial charge in [0.05, 0.1) is 12.5 Å². The number of ether oxygens (including phenoxy) is 1. The lowest BCUT2D eigenvalue weighted by molar-refractivity contribution is -0.124. The summed E-state index contributed by atoms with van der Waals surface area (Å²) >= 11 is 0. The van der Waals surface area contributed by atoms with Crippen LogP contribution in [-0.2, 0) is 9.53 Å². The predicted molar refractivity (Wildman–Crippen MR) is 50.5 cm³/mol. The number of likely N-dealkylation sites (N-methyl/N-ethyl adjacent to an activating group) is 1. The van der Waals surface area contributed by atoms with Crippen LogP contribution in [0.25, 0.3) is 0 Å².